The molecule has 0 spiro atoms. The first-order chi connectivity index (χ1) is 15.4. The van der Waals surface area contributed by atoms with E-state index in [1.807, 2.05) is 13.8 Å². The van der Waals surface area contributed by atoms with Gasteiger partial charge in [0.15, 0.2) is 0 Å². The summed E-state index contributed by atoms with van der Waals surface area (Å²) in [6.07, 6.45) is 2.21. The van der Waals surface area contributed by atoms with Gasteiger partial charge in [-0.15, -0.1) is 6.58 Å². The Morgan fingerprint density at radius 3 is 2.27 bits per heavy atom. The molecular formula is C24H37N3O6. The van der Waals surface area contributed by atoms with Gasteiger partial charge in [-0.1, -0.05) is 31.6 Å². The minimum Gasteiger partial charge on any atom is -0.508 e. The lowest BCUT2D eigenvalue weighted by molar-refractivity contribution is -0.142. The second-order valence-electron chi connectivity index (χ2n) is 8.85. The number of carbonyl (C=O) groups excluding carboxylic acids is 3. The van der Waals surface area contributed by atoms with Crippen LogP contribution in [-0.2, 0) is 14.3 Å². The number of alkyl carbamates (subject to hydrolysis) is 1. The number of rotatable bonds is 11. The lowest BCUT2D eigenvalue weighted by Crippen LogP contribution is -2.54. The molecule has 0 bridgehead atoms. The highest BCUT2D eigenvalue weighted by molar-refractivity contribution is 5.92. The number of benzene rings is 1. The van der Waals surface area contributed by atoms with Crippen molar-refractivity contribution in [2.75, 3.05) is 13.2 Å². The first-order valence-electron chi connectivity index (χ1n) is 11.0. The Bertz CT molecular complexity index is 803. The summed E-state index contributed by atoms with van der Waals surface area (Å²) in [6, 6.07) is 3.39. The fraction of sp³-hybridized carbons (Fsp3) is 0.542. The molecule has 9 heteroatoms. The predicted octanol–water partition coefficient (Wildman–Crippen LogP) is 2.64. The Morgan fingerprint density at radius 1 is 1.18 bits per heavy atom. The van der Waals surface area contributed by atoms with E-state index in [-0.39, 0.29) is 18.3 Å². The summed E-state index contributed by atoms with van der Waals surface area (Å²) >= 11 is 0. The highest BCUT2D eigenvalue weighted by Crippen LogP contribution is 2.25. The molecule has 9 nitrogen and oxygen atoms in total. The minimum absolute atomic E-state index is 0.0127. The first-order valence-corrected chi connectivity index (χ1v) is 11.0. The molecule has 1 rings (SSSR count). The number of nitrogens with zero attached hydrogens (tertiary/aromatic N) is 1. The maximum Gasteiger partial charge on any atom is 0.408 e. The van der Waals surface area contributed by atoms with Crippen LogP contribution in [0.2, 0.25) is 0 Å². The normalized spacial score (nSPS) is 13.9. The molecule has 1 aromatic rings. The van der Waals surface area contributed by atoms with Crippen LogP contribution >= 0.6 is 0 Å². The third kappa shape index (κ3) is 9.13. The number of nitrogens with one attached hydrogen (secondary N) is 2. The summed E-state index contributed by atoms with van der Waals surface area (Å²) in [6.45, 7) is 11.9. The molecule has 0 radical (unpaired) electrons. The van der Waals surface area contributed by atoms with Gasteiger partial charge >= 0.3 is 6.09 Å². The average Bonchev–Trinajstić information content (AvgIpc) is 2.71. The van der Waals surface area contributed by atoms with Crippen LogP contribution in [0.15, 0.2) is 36.9 Å². The van der Waals surface area contributed by atoms with Crippen LogP contribution < -0.4 is 10.6 Å². The molecule has 0 saturated heterocycles. The van der Waals surface area contributed by atoms with Gasteiger partial charge in [0.1, 0.15) is 23.4 Å². The van der Waals surface area contributed by atoms with Crippen molar-refractivity contribution in [1.29, 1.82) is 0 Å². The molecule has 0 saturated carbocycles. The SMILES string of the molecule is C=CCN(C(=O)C(CO)NC(=O)OC(C)(C)C)C(C(=O)NC(C)CCC)c1ccc(O)cc1. The van der Waals surface area contributed by atoms with Crippen molar-refractivity contribution in [3.05, 3.63) is 42.5 Å². The molecule has 1 aromatic carbocycles. The second-order valence-corrected chi connectivity index (χ2v) is 8.85. The van der Waals surface area contributed by atoms with Gasteiger partial charge in [-0.05, 0) is 51.8 Å². The highest BCUT2D eigenvalue weighted by atomic mass is 16.6. The third-order valence-electron chi connectivity index (χ3n) is 4.66. The van der Waals surface area contributed by atoms with Crippen LogP contribution in [-0.4, -0.2) is 63.9 Å². The molecule has 4 N–H and O–H groups in total. The van der Waals surface area contributed by atoms with E-state index in [1.54, 1.807) is 32.9 Å². The summed E-state index contributed by atoms with van der Waals surface area (Å²) in [4.78, 5) is 40.1. The Morgan fingerprint density at radius 2 is 1.79 bits per heavy atom. The van der Waals surface area contributed by atoms with Gasteiger partial charge in [-0.3, -0.25) is 9.59 Å². The molecule has 3 amide bonds. The summed E-state index contributed by atoms with van der Waals surface area (Å²) in [5.74, 6) is -1.09. The molecular weight excluding hydrogens is 426 g/mol. The largest absolute Gasteiger partial charge is 0.508 e. The topological polar surface area (TPSA) is 128 Å². The molecule has 0 heterocycles. The van der Waals surface area contributed by atoms with Crippen LogP contribution in [0.25, 0.3) is 0 Å². The number of hydrogen-bond acceptors (Lipinski definition) is 6. The monoisotopic (exact) mass is 463 g/mol. The van der Waals surface area contributed by atoms with Gasteiger partial charge in [0.25, 0.3) is 0 Å². The van der Waals surface area contributed by atoms with E-state index in [0.717, 1.165) is 12.8 Å². The van der Waals surface area contributed by atoms with Gasteiger partial charge < -0.3 is 30.5 Å². The van der Waals surface area contributed by atoms with Crippen molar-refractivity contribution in [3.8, 4) is 5.75 Å². The van der Waals surface area contributed by atoms with Crippen LogP contribution in [0.4, 0.5) is 4.79 Å². The zero-order valence-electron chi connectivity index (χ0n) is 20.1. The number of phenols is 1. The maximum absolute atomic E-state index is 13.4. The van der Waals surface area contributed by atoms with Crippen LogP contribution in [0.5, 0.6) is 5.75 Å². The number of aliphatic hydroxyl groups excluding tert-OH is 1. The molecule has 3 unspecified atom stereocenters. The zero-order chi connectivity index (χ0) is 25.2. The summed E-state index contributed by atoms with van der Waals surface area (Å²) in [5, 5.41) is 24.8. The number of aliphatic hydroxyl groups is 1. The van der Waals surface area contributed by atoms with Gasteiger partial charge in [-0.2, -0.15) is 0 Å². The lowest BCUT2D eigenvalue weighted by atomic mass is 10.0. The molecule has 0 aromatic heterocycles. The zero-order valence-corrected chi connectivity index (χ0v) is 20.1. The Hall–Kier alpha value is -3.07. The molecule has 0 aliphatic rings. The molecule has 0 aliphatic heterocycles. The van der Waals surface area contributed by atoms with Crippen molar-refractivity contribution in [2.24, 2.45) is 0 Å². The lowest BCUT2D eigenvalue weighted by Gasteiger charge is -2.34. The van der Waals surface area contributed by atoms with E-state index in [1.165, 1.54) is 23.1 Å². The Labute approximate surface area is 195 Å². The van der Waals surface area contributed by atoms with Gasteiger partial charge in [0, 0.05) is 12.6 Å². The minimum atomic E-state index is -1.33. The smallest absolute Gasteiger partial charge is 0.408 e. The van der Waals surface area contributed by atoms with E-state index in [0.29, 0.717) is 5.56 Å². The van der Waals surface area contributed by atoms with Gasteiger partial charge in [0.05, 0.1) is 6.61 Å². The van der Waals surface area contributed by atoms with E-state index in [4.69, 9.17) is 4.74 Å². The summed E-state index contributed by atoms with van der Waals surface area (Å²) in [5.41, 5.74) is -0.337. The van der Waals surface area contributed by atoms with Gasteiger partial charge in [0.2, 0.25) is 11.8 Å². The number of hydrogen-bond donors (Lipinski definition) is 4. The quantitative estimate of drug-likeness (QED) is 0.374. The van der Waals surface area contributed by atoms with E-state index in [9.17, 15) is 24.6 Å². The third-order valence-corrected chi connectivity index (χ3v) is 4.66. The molecule has 33 heavy (non-hydrogen) atoms. The average molecular weight is 464 g/mol. The summed E-state index contributed by atoms with van der Waals surface area (Å²) in [7, 11) is 0. The van der Waals surface area contributed by atoms with Crippen molar-refractivity contribution in [2.45, 2.75) is 71.2 Å². The number of amides is 3. The number of phenolic OH excluding ortho intramolecular Hbond substituents is 1. The van der Waals surface area contributed by atoms with Crippen LogP contribution in [0, 0.1) is 0 Å². The Balaban J connectivity index is 3.31. The van der Waals surface area contributed by atoms with Crippen molar-refractivity contribution in [1.82, 2.24) is 15.5 Å². The highest BCUT2D eigenvalue weighted by Gasteiger charge is 2.35. The summed E-state index contributed by atoms with van der Waals surface area (Å²) < 4.78 is 5.19. The van der Waals surface area contributed by atoms with Crippen molar-refractivity contribution in [3.63, 3.8) is 0 Å². The second kappa shape index (κ2) is 12.8. The molecule has 0 aliphatic carbocycles. The van der Waals surface area contributed by atoms with Gasteiger partial charge in [-0.25, -0.2) is 4.79 Å². The van der Waals surface area contributed by atoms with E-state index < -0.39 is 42.2 Å². The van der Waals surface area contributed by atoms with E-state index in [2.05, 4.69) is 17.2 Å². The van der Waals surface area contributed by atoms with Crippen LogP contribution in [0.1, 0.15) is 59.1 Å². The standard InChI is InChI=1S/C24H37N3O6/c1-7-9-16(3)25-21(30)20(17-10-12-18(29)13-11-17)27(14-8-2)22(31)19(15-28)26-23(32)33-24(4,5)6/h8,10-13,16,19-20,28-29H,2,7,9,14-15H2,1,3-6H3,(H,25,30)(H,26,32). The fourth-order valence-electron chi connectivity index (χ4n) is 3.25. The van der Waals surface area contributed by atoms with Crippen molar-refractivity contribution < 1.29 is 29.3 Å². The Kier molecular flexibility index (Phi) is 10.9. The molecule has 3 atom stereocenters. The number of ether oxygens (including phenoxy) is 1. The molecule has 0 fully saturated rings. The van der Waals surface area contributed by atoms with Crippen molar-refractivity contribution >= 4 is 17.9 Å². The number of carbonyl (C=O) groups is 3. The van der Waals surface area contributed by atoms with E-state index >= 15 is 0 Å². The maximum atomic E-state index is 13.4. The first kappa shape index (κ1) is 28.0. The number of aromatic hydroxyl groups is 1. The molecule has 184 valence electrons. The van der Waals surface area contributed by atoms with Crippen LogP contribution in [0.3, 0.4) is 0 Å². The fourth-order valence-corrected chi connectivity index (χ4v) is 3.25. The predicted molar refractivity (Wildman–Crippen MR) is 126 cm³/mol.